The van der Waals surface area contributed by atoms with Gasteiger partial charge in [-0.2, -0.15) is 0 Å². The summed E-state index contributed by atoms with van der Waals surface area (Å²) in [4.78, 5) is 2.72. The fourth-order valence-electron chi connectivity index (χ4n) is 5.51. The zero-order chi connectivity index (χ0) is 22.8. The summed E-state index contributed by atoms with van der Waals surface area (Å²) in [6.45, 7) is 0. The average molecular weight is 732 g/mol. The summed E-state index contributed by atoms with van der Waals surface area (Å²) < 4.78 is 5.75. The number of rotatable bonds is 3. The van der Waals surface area contributed by atoms with E-state index in [2.05, 4.69) is 129 Å². The largest absolute Gasteiger partial charge is 1.00 e. The van der Waals surface area contributed by atoms with Gasteiger partial charge in [-0.1, -0.05) is 0 Å². The van der Waals surface area contributed by atoms with E-state index in [0.29, 0.717) is 11.8 Å². The summed E-state index contributed by atoms with van der Waals surface area (Å²) >= 11 is 8.63. The van der Waals surface area contributed by atoms with Crippen LogP contribution >= 0.6 is 43.6 Å². The maximum atomic E-state index is 3.92. The molecule has 0 saturated carbocycles. The Hall–Kier alpha value is -0.867. The second-order valence-corrected chi connectivity index (χ2v) is 15.2. The molecule has 2 atom stereocenters. The van der Waals surface area contributed by atoms with Gasteiger partial charge < -0.3 is 24.8 Å². The minimum atomic E-state index is -1.07. The minimum absolute atomic E-state index is 0. The Balaban J connectivity index is 0.00000133. The van der Waals surface area contributed by atoms with Gasteiger partial charge in [0.25, 0.3) is 0 Å². The maximum absolute atomic E-state index is 3.92. The molecule has 0 N–H and O–H groups in total. The van der Waals surface area contributed by atoms with Crippen molar-refractivity contribution in [1.29, 1.82) is 0 Å². The van der Waals surface area contributed by atoms with Crippen molar-refractivity contribution in [1.82, 2.24) is 0 Å². The molecular weight excluding hydrogens is 714 g/mol. The molecule has 0 aromatic heterocycles. The first-order chi connectivity index (χ1) is 16.7. The topological polar surface area (TPSA) is 0 Å². The van der Waals surface area contributed by atoms with Gasteiger partial charge in [0, 0.05) is 0 Å². The van der Waals surface area contributed by atoms with Crippen LogP contribution in [0.15, 0.2) is 110 Å². The fraction of sp³-hybridized carbons (Fsp3) is 0.0667. The summed E-state index contributed by atoms with van der Waals surface area (Å²) in [7, 11) is 0. The molecule has 0 fully saturated rings. The second kappa shape index (κ2) is 10.7. The molecule has 0 nitrogen and oxygen atoms in total. The molecule has 4 aromatic carbocycles. The molecular formula is C30H18Br2Cl2SZr. The Morgan fingerprint density at radius 2 is 1.33 bits per heavy atom. The van der Waals surface area contributed by atoms with E-state index >= 15 is 0 Å². The molecule has 0 spiro atoms. The predicted octanol–water partition coefficient (Wildman–Crippen LogP) is 3.44. The number of allylic oxidation sites excluding steroid dienone is 2. The first kappa shape index (κ1) is 26.7. The van der Waals surface area contributed by atoms with E-state index in [4.69, 9.17) is 0 Å². The second-order valence-electron chi connectivity index (χ2n) is 8.89. The maximum Gasteiger partial charge on any atom is -1.00 e. The van der Waals surface area contributed by atoms with E-state index in [0.717, 1.165) is 0 Å². The quantitative estimate of drug-likeness (QED) is 0.312. The van der Waals surface area contributed by atoms with Crippen LogP contribution in [0.25, 0.3) is 12.2 Å². The number of hydrogen-bond acceptors (Lipinski definition) is 1. The Bertz CT molecular complexity index is 1550. The van der Waals surface area contributed by atoms with E-state index in [1.54, 1.807) is 6.56 Å². The average Bonchev–Trinajstić information content (AvgIpc) is 3.42. The molecule has 1 heterocycles. The van der Waals surface area contributed by atoms with Crippen molar-refractivity contribution in [3.8, 4) is 0 Å². The minimum Gasteiger partial charge on any atom is -1.00 e. The van der Waals surface area contributed by atoms with Gasteiger partial charge in [-0.05, 0) is 0 Å². The van der Waals surface area contributed by atoms with Crippen molar-refractivity contribution in [2.45, 2.75) is 21.6 Å². The van der Waals surface area contributed by atoms with Gasteiger partial charge in [0.05, 0.1) is 0 Å². The van der Waals surface area contributed by atoms with Gasteiger partial charge in [0.2, 0.25) is 0 Å². The number of fused-ring (bicyclic) bond motifs is 4. The molecule has 6 heteroatoms. The molecule has 3 aliphatic rings. The number of halogens is 4. The van der Waals surface area contributed by atoms with Gasteiger partial charge in [0.1, 0.15) is 0 Å². The van der Waals surface area contributed by atoms with Crippen LogP contribution in [0.1, 0.15) is 45.2 Å². The predicted molar refractivity (Wildman–Crippen MR) is 145 cm³/mol. The van der Waals surface area contributed by atoms with Crippen molar-refractivity contribution in [2.75, 3.05) is 0 Å². The van der Waals surface area contributed by atoms with Crippen LogP contribution in [-0.2, 0) is 23.2 Å². The zero-order valence-electron chi connectivity index (χ0n) is 18.8. The van der Waals surface area contributed by atoms with E-state index in [1.807, 2.05) is 11.8 Å². The van der Waals surface area contributed by atoms with E-state index < -0.39 is 23.2 Å². The van der Waals surface area contributed by atoms with Crippen molar-refractivity contribution < 1.29 is 48.0 Å². The van der Waals surface area contributed by atoms with Gasteiger partial charge in [0.15, 0.2) is 0 Å². The summed E-state index contributed by atoms with van der Waals surface area (Å²) in [5.41, 5.74) is 8.53. The van der Waals surface area contributed by atoms with Crippen LogP contribution < -0.4 is 24.8 Å². The Morgan fingerprint density at radius 3 is 2.17 bits per heavy atom. The molecule has 2 unspecified atom stereocenters. The Morgan fingerprint density at radius 1 is 0.639 bits per heavy atom. The van der Waals surface area contributed by atoms with Gasteiger partial charge in [-0.25, -0.2) is 0 Å². The smallest absolute Gasteiger partial charge is 1.00 e. The molecule has 6 bridgehead atoms. The molecule has 7 rings (SSSR count). The molecule has 2 aliphatic carbocycles. The van der Waals surface area contributed by atoms with Crippen LogP contribution in [0.2, 0.25) is 0 Å². The van der Waals surface area contributed by atoms with Crippen LogP contribution in [0.3, 0.4) is 0 Å². The summed E-state index contributed by atoms with van der Waals surface area (Å²) in [5.74, 6) is 0.707. The Kier molecular flexibility index (Phi) is 7.96. The molecule has 1 aliphatic heterocycles. The van der Waals surface area contributed by atoms with Gasteiger partial charge in [-0.15, -0.1) is 0 Å². The molecule has 36 heavy (non-hydrogen) atoms. The molecule has 176 valence electrons. The van der Waals surface area contributed by atoms with Crippen LogP contribution in [0.5, 0.6) is 0 Å². The normalized spacial score (nSPS) is 17.9. The van der Waals surface area contributed by atoms with E-state index in [1.165, 1.54) is 52.1 Å². The van der Waals surface area contributed by atoms with Crippen LogP contribution in [-0.4, -0.2) is 0 Å². The van der Waals surface area contributed by atoms with E-state index in [-0.39, 0.29) is 24.8 Å². The standard InChI is InChI=1S/C15H8BrS.C15H10Br.2ClH.Zr/c16-13-6-7-14-12-5-4-11(15(12)13)9-2-1-3-10(8-9)17-14;16-14-8-4-7-12-9-10-13(15(12)14)11-5-2-1-3-6-11;;;/h1-3,5-8,11H;1-9,13H;2*1H;/q;;;;+2/p-2. The van der Waals surface area contributed by atoms with Crippen molar-refractivity contribution in [2.24, 2.45) is 0 Å². The monoisotopic (exact) mass is 728 g/mol. The molecule has 0 saturated heterocycles. The van der Waals surface area contributed by atoms with Gasteiger partial charge in [-0.3, -0.25) is 0 Å². The fourth-order valence-corrected chi connectivity index (χ4v) is 11.9. The molecule has 4 aromatic rings. The number of hydrogen-bond donors (Lipinski definition) is 0. The van der Waals surface area contributed by atoms with Crippen LogP contribution in [0, 0.1) is 0 Å². The molecule has 0 amide bonds. The summed E-state index contributed by atoms with van der Waals surface area (Å²) in [5, 5.41) is 0. The number of benzene rings is 4. The van der Waals surface area contributed by atoms with Crippen molar-refractivity contribution in [3.63, 3.8) is 0 Å². The van der Waals surface area contributed by atoms with Crippen molar-refractivity contribution >= 4 is 55.8 Å². The third-order valence-corrected chi connectivity index (χ3v) is 12.9. The summed E-state index contributed by atoms with van der Waals surface area (Å²) in [6.07, 6.45) is 5.06. The SMILES string of the molecule is Brc1cccc2c1C(c1ccccc1)[C]([Zr+2][C]1=Cc3c4ccc(Br)c3C1c1cccc(c1)S4)=C2.[Cl-].[Cl-]. The third kappa shape index (κ3) is 4.40. The van der Waals surface area contributed by atoms with Crippen molar-refractivity contribution in [3.05, 3.63) is 134 Å². The van der Waals surface area contributed by atoms with E-state index in [9.17, 15) is 0 Å². The molecule has 0 radical (unpaired) electrons. The zero-order valence-corrected chi connectivity index (χ0v) is 26.8. The summed E-state index contributed by atoms with van der Waals surface area (Å²) in [6, 6.07) is 31.4. The first-order valence-corrected chi connectivity index (χ1v) is 16.2. The first-order valence-electron chi connectivity index (χ1n) is 11.3. The third-order valence-electron chi connectivity index (χ3n) is 6.93. The van der Waals surface area contributed by atoms with Crippen LogP contribution in [0.4, 0.5) is 0 Å². The Labute approximate surface area is 256 Å². The van der Waals surface area contributed by atoms with Gasteiger partial charge >= 0.3 is 234 Å².